The average molecular weight is 165 g/mol. The van der Waals surface area contributed by atoms with E-state index in [2.05, 4.69) is 21.7 Å². The summed E-state index contributed by atoms with van der Waals surface area (Å²) < 4.78 is 1.74. The topological polar surface area (TPSA) is 68.6 Å². The van der Waals surface area contributed by atoms with Crippen molar-refractivity contribution in [3.8, 4) is 0 Å². The molecule has 0 spiro atoms. The highest BCUT2D eigenvalue weighted by Crippen LogP contribution is 2.14. The van der Waals surface area contributed by atoms with Gasteiger partial charge in [0.25, 0.3) is 0 Å². The van der Waals surface area contributed by atoms with Gasteiger partial charge in [0.15, 0.2) is 5.82 Å². The lowest BCUT2D eigenvalue weighted by Gasteiger charge is -1.97. The fraction of sp³-hybridized carbons (Fsp3) is 0.286. The van der Waals surface area contributed by atoms with Crippen molar-refractivity contribution in [3.05, 3.63) is 12.0 Å². The van der Waals surface area contributed by atoms with E-state index in [1.54, 1.807) is 17.9 Å². The van der Waals surface area contributed by atoms with Crippen molar-refractivity contribution in [2.75, 3.05) is 7.05 Å². The smallest absolute Gasteiger partial charge is 0.162 e. The number of aliphatic imine (C=N–C) groups is 2. The Balaban J connectivity index is 3.24. The van der Waals surface area contributed by atoms with E-state index < -0.39 is 0 Å². The van der Waals surface area contributed by atoms with Crippen LogP contribution in [0.4, 0.5) is 5.82 Å². The van der Waals surface area contributed by atoms with Crippen molar-refractivity contribution in [1.29, 1.82) is 0 Å². The van der Waals surface area contributed by atoms with Crippen molar-refractivity contribution >= 4 is 18.4 Å². The first-order valence-electron chi connectivity index (χ1n) is 3.41. The number of nitrogens with two attached hydrogens (primary N) is 1. The van der Waals surface area contributed by atoms with Crippen LogP contribution in [0.5, 0.6) is 0 Å². The van der Waals surface area contributed by atoms with Gasteiger partial charge in [-0.05, 0) is 6.72 Å². The van der Waals surface area contributed by atoms with Crippen molar-refractivity contribution in [2.24, 2.45) is 22.8 Å². The van der Waals surface area contributed by atoms with Crippen LogP contribution in [0.15, 0.2) is 16.3 Å². The molecule has 12 heavy (non-hydrogen) atoms. The number of hydrogen-bond acceptors (Lipinski definition) is 3. The van der Waals surface area contributed by atoms with Gasteiger partial charge in [0.1, 0.15) is 11.5 Å². The molecule has 1 heterocycles. The van der Waals surface area contributed by atoms with Crippen molar-refractivity contribution in [2.45, 2.75) is 0 Å². The van der Waals surface area contributed by atoms with E-state index in [-0.39, 0.29) is 0 Å². The highest BCUT2D eigenvalue weighted by Gasteiger charge is 2.09. The largest absolute Gasteiger partial charge is 0.382 e. The van der Waals surface area contributed by atoms with Crippen LogP contribution in [0.2, 0.25) is 0 Å². The van der Waals surface area contributed by atoms with Gasteiger partial charge in [-0.15, -0.1) is 0 Å². The molecule has 1 aromatic heterocycles. The van der Waals surface area contributed by atoms with Crippen LogP contribution in [-0.2, 0) is 7.05 Å². The molecule has 0 fully saturated rings. The molecule has 0 aliphatic rings. The molecular weight excluding hydrogens is 154 g/mol. The second kappa shape index (κ2) is 3.17. The summed E-state index contributed by atoms with van der Waals surface area (Å²) >= 11 is 0. The zero-order chi connectivity index (χ0) is 9.14. The fourth-order valence-corrected chi connectivity index (χ4v) is 0.897. The third-order valence-corrected chi connectivity index (χ3v) is 1.54. The molecule has 64 valence electrons. The molecule has 0 aliphatic heterocycles. The second-order valence-electron chi connectivity index (χ2n) is 2.29. The third kappa shape index (κ3) is 1.20. The molecule has 0 amide bonds. The molecule has 0 bridgehead atoms. The minimum Gasteiger partial charge on any atom is -0.382 e. The number of imidazole rings is 1. The minimum absolute atomic E-state index is 0.373. The normalized spacial score (nSPS) is 11.7. The van der Waals surface area contributed by atoms with Crippen LogP contribution >= 0.6 is 0 Å². The zero-order valence-electron chi connectivity index (χ0n) is 7.15. The number of hydrogen-bond donors (Lipinski definition) is 1. The molecule has 0 unspecified atom stereocenters. The van der Waals surface area contributed by atoms with E-state index in [1.165, 1.54) is 0 Å². The number of amidine groups is 1. The molecule has 0 radical (unpaired) electrons. The molecule has 2 N–H and O–H groups in total. The second-order valence-corrected chi connectivity index (χ2v) is 2.29. The van der Waals surface area contributed by atoms with Gasteiger partial charge in [-0.2, -0.15) is 0 Å². The predicted octanol–water partition coefficient (Wildman–Crippen LogP) is 0.0873. The maximum absolute atomic E-state index is 5.57. The van der Waals surface area contributed by atoms with Gasteiger partial charge in [0, 0.05) is 14.1 Å². The summed E-state index contributed by atoms with van der Waals surface area (Å²) in [6, 6.07) is 0. The first-order valence-corrected chi connectivity index (χ1v) is 3.41. The van der Waals surface area contributed by atoms with Crippen molar-refractivity contribution in [1.82, 2.24) is 9.55 Å². The van der Waals surface area contributed by atoms with Crippen LogP contribution in [0, 0.1) is 0 Å². The summed E-state index contributed by atoms with van der Waals surface area (Å²) in [7, 11) is 3.43. The maximum Gasteiger partial charge on any atom is 0.162 e. The monoisotopic (exact) mass is 165 g/mol. The van der Waals surface area contributed by atoms with E-state index >= 15 is 0 Å². The molecule has 1 aromatic rings. The van der Waals surface area contributed by atoms with Crippen molar-refractivity contribution in [3.63, 3.8) is 0 Å². The number of rotatable bonds is 2. The molecule has 5 heteroatoms. The van der Waals surface area contributed by atoms with Crippen LogP contribution in [0.25, 0.3) is 0 Å². The van der Waals surface area contributed by atoms with E-state index in [4.69, 9.17) is 5.73 Å². The quantitative estimate of drug-likeness (QED) is 0.498. The maximum atomic E-state index is 5.57. The fourth-order valence-electron chi connectivity index (χ4n) is 0.897. The summed E-state index contributed by atoms with van der Waals surface area (Å²) in [5.41, 5.74) is 6.15. The van der Waals surface area contributed by atoms with Crippen LogP contribution < -0.4 is 5.73 Å². The summed E-state index contributed by atoms with van der Waals surface area (Å²) in [6.07, 6.45) is 1.62. The Hall–Kier alpha value is -1.65. The molecule has 0 atom stereocenters. The Labute approximate surface area is 70.7 Å². The lowest BCUT2D eigenvalue weighted by Crippen LogP contribution is -2.13. The van der Waals surface area contributed by atoms with Gasteiger partial charge in [-0.25, -0.2) is 9.98 Å². The Morgan fingerprint density at radius 2 is 2.42 bits per heavy atom. The lowest BCUT2D eigenvalue weighted by atomic mass is 10.4. The van der Waals surface area contributed by atoms with E-state index in [0.29, 0.717) is 17.3 Å². The Kier molecular flexibility index (Phi) is 2.23. The summed E-state index contributed by atoms with van der Waals surface area (Å²) in [5, 5.41) is 0. The Morgan fingerprint density at radius 3 is 2.92 bits per heavy atom. The molecule has 0 aromatic carbocycles. The van der Waals surface area contributed by atoms with Gasteiger partial charge in [0.05, 0.1) is 6.33 Å². The Bertz CT molecular complexity index is 323. The van der Waals surface area contributed by atoms with Crippen molar-refractivity contribution < 1.29 is 0 Å². The molecule has 0 aliphatic carbocycles. The first kappa shape index (κ1) is 8.45. The third-order valence-electron chi connectivity index (χ3n) is 1.54. The van der Waals surface area contributed by atoms with Gasteiger partial charge >= 0.3 is 0 Å². The highest BCUT2D eigenvalue weighted by atomic mass is 15.1. The standard InChI is InChI=1S/C7H11N5/c1-9-6(8)5-7(10-2)12(3)4-11-5/h4H,2H2,1,3H3,(H2,8,9). The minimum atomic E-state index is 0.373. The number of aryl methyl sites for hydroxylation is 1. The number of aromatic nitrogens is 2. The van der Waals surface area contributed by atoms with E-state index in [9.17, 15) is 0 Å². The lowest BCUT2D eigenvalue weighted by molar-refractivity contribution is 0.913. The molecule has 5 nitrogen and oxygen atoms in total. The zero-order valence-corrected chi connectivity index (χ0v) is 7.15. The highest BCUT2D eigenvalue weighted by molar-refractivity contribution is 5.99. The van der Waals surface area contributed by atoms with Crippen LogP contribution in [0.3, 0.4) is 0 Å². The molecule has 1 rings (SSSR count). The molecule has 0 saturated carbocycles. The van der Waals surface area contributed by atoms with Gasteiger partial charge in [-0.3, -0.25) is 4.99 Å². The summed E-state index contributed by atoms with van der Waals surface area (Å²) in [5.74, 6) is 1.01. The van der Waals surface area contributed by atoms with E-state index in [1.807, 2.05) is 7.05 Å². The molecular formula is C7H11N5. The first-order chi connectivity index (χ1) is 5.70. The van der Waals surface area contributed by atoms with Gasteiger partial charge in [-0.1, -0.05) is 0 Å². The molecule has 0 saturated heterocycles. The van der Waals surface area contributed by atoms with E-state index in [0.717, 1.165) is 0 Å². The van der Waals surface area contributed by atoms with Gasteiger partial charge < -0.3 is 10.3 Å². The summed E-state index contributed by atoms with van der Waals surface area (Å²) in [4.78, 5) is 11.6. The van der Waals surface area contributed by atoms with Gasteiger partial charge in [0.2, 0.25) is 0 Å². The van der Waals surface area contributed by atoms with Crippen LogP contribution in [-0.4, -0.2) is 29.2 Å². The number of nitrogens with zero attached hydrogens (tertiary/aromatic N) is 4. The summed E-state index contributed by atoms with van der Waals surface area (Å²) in [6.45, 7) is 3.42. The SMILES string of the molecule is C=Nc1c(/C(N)=N\C)ncn1C. The van der Waals surface area contributed by atoms with Crippen LogP contribution in [0.1, 0.15) is 5.69 Å². The Morgan fingerprint density at radius 1 is 1.75 bits per heavy atom. The predicted molar refractivity (Wildman–Crippen MR) is 49.1 cm³/mol. The average Bonchev–Trinajstić information content (AvgIpc) is 2.45.